The zero-order valence-electron chi connectivity index (χ0n) is 12.5. The number of esters is 1. The van der Waals surface area contributed by atoms with E-state index >= 15 is 0 Å². The Hall–Kier alpha value is -1.80. The first-order chi connectivity index (χ1) is 10.9. The maximum atomic E-state index is 11.9. The van der Waals surface area contributed by atoms with Gasteiger partial charge in [-0.3, -0.25) is 10.1 Å². The molecule has 0 aromatic heterocycles. The molecule has 0 bridgehead atoms. The third kappa shape index (κ3) is 2.66. The summed E-state index contributed by atoms with van der Waals surface area (Å²) in [5.74, 6) is -2.06. The number of fused-ring (bicyclic) bond motifs is 3. The predicted molar refractivity (Wildman–Crippen MR) is 75.2 cm³/mol. The van der Waals surface area contributed by atoms with Gasteiger partial charge in [0.1, 0.15) is 11.5 Å². The summed E-state index contributed by atoms with van der Waals surface area (Å²) < 4.78 is 21.0. The van der Waals surface area contributed by atoms with Crippen LogP contribution in [0.3, 0.4) is 0 Å². The number of rotatable bonds is 3. The molecular weight excluding hydrogens is 330 g/mol. The van der Waals surface area contributed by atoms with Gasteiger partial charge in [-0.25, -0.2) is 9.59 Å². The van der Waals surface area contributed by atoms with Crippen LogP contribution in [0, 0.1) is 11.8 Å². The monoisotopic (exact) mass is 345 g/mol. The number of halogens is 1. The molecule has 0 aromatic carbocycles. The Morgan fingerprint density at radius 1 is 1.48 bits per heavy atom. The minimum Gasteiger partial charge on any atom is -0.466 e. The van der Waals surface area contributed by atoms with E-state index in [1.165, 1.54) is 13.4 Å². The van der Waals surface area contributed by atoms with Crippen LogP contribution in [0.2, 0.25) is 0 Å². The number of hydrogen-bond donors (Lipinski definition) is 1. The molecule has 0 aromatic rings. The number of nitrogens with one attached hydrogen (secondary N) is 1. The van der Waals surface area contributed by atoms with E-state index in [4.69, 9.17) is 30.5 Å². The first-order valence-corrected chi connectivity index (χ1v) is 7.62. The minimum atomic E-state index is -0.964. The number of hydrogen-bond acceptors (Lipinski definition) is 7. The van der Waals surface area contributed by atoms with Gasteiger partial charge in [0.05, 0.1) is 31.0 Å². The van der Waals surface area contributed by atoms with Gasteiger partial charge in [-0.15, -0.1) is 11.6 Å². The highest BCUT2D eigenvalue weighted by molar-refractivity contribution is 6.28. The zero-order chi connectivity index (χ0) is 16.8. The van der Waals surface area contributed by atoms with Crippen molar-refractivity contribution in [3.8, 4) is 0 Å². The fourth-order valence-electron chi connectivity index (χ4n) is 3.42. The molecule has 0 radical (unpaired) electrons. The van der Waals surface area contributed by atoms with E-state index in [0.717, 1.165) is 0 Å². The highest BCUT2D eigenvalue weighted by atomic mass is 35.5. The Morgan fingerprint density at radius 3 is 2.87 bits per heavy atom. The Morgan fingerprint density at radius 2 is 2.22 bits per heavy atom. The molecule has 1 N–H and O–H groups in total. The summed E-state index contributed by atoms with van der Waals surface area (Å²) in [6, 6.07) is 0. The van der Waals surface area contributed by atoms with E-state index in [-0.39, 0.29) is 23.8 Å². The topological polar surface area (TPSA) is 103 Å². The van der Waals surface area contributed by atoms with Crippen molar-refractivity contribution in [2.24, 2.45) is 11.8 Å². The normalized spacial score (nSPS) is 36.7. The Balaban J connectivity index is 1.77. The molecule has 23 heavy (non-hydrogen) atoms. The van der Waals surface area contributed by atoms with Crippen molar-refractivity contribution in [3.05, 3.63) is 11.8 Å². The molecule has 0 unspecified atom stereocenters. The third-order valence-corrected chi connectivity index (χ3v) is 4.81. The van der Waals surface area contributed by atoms with Crippen molar-refractivity contribution in [2.45, 2.75) is 31.3 Å². The maximum Gasteiger partial charge on any atom is 0.416 e. The molecule has 2 aliphatic heterocycles. The largest absolute Gasteiger partial charge is 0.466 e. The molecule has 9 heteroatoms. The van der Waals surface area contributed by atoms with Gasteiger partial charge in [0.15, 0.2) is 0 Å². The predicted octanol–water partition coefficient (Wildman–Crippen LogP) is 0.685. The second-order valence-corrected chi connectivity index (χ2v) is 6.08. The van der Waals surface area contributed by atoms with E-state index in [1.807, 2.05) is 12.2 Å². The van der Waals surface area contributed by atoms with Gasteiger partial charge in [0.25, 0.3) is 6.29 Å². The van der Waals surface area contributed by atoms with E-state index in [1.54, 1.807) is 0 Å². The minimum absolute atomic E-state index is 0.0223. The lowest BCUT2D eigenvalue weighted by atomic mass is 9.82. The van der Waals surface area contributed by atoms with Crippen molar-refractivity contribution in [2.75, 3.05) is 13.0 Å². The number of amides is 2. The first-order valence-electron chi connectivity index (χ1n) is 7.08. The van der Waals surface area contributed by atoms with Crippen LogP contribution in [0.1, 0.15) is 13.3 Å². The average Bonchev–Trinajstić information content (AvgIpc) is 3.07. The fourth-order valence-corrected chi connectivity index (χ4v) is 3.48. The van der Waals surface area contributed by atoms with Crippen molar-refractivity contribution in [3.63, 3.8) is 0 Å². The lowest BCUT2D eigenvalue weighted by molar-refractivity contribution is -0.150. The Labute approximate surface area is 137 Å². The quantitative estimate of drug-likeness (QED) is 0.456. The van der Waals surface area contributed by atoms with E-state index in [0.29, 0.717) is 12.0 Å². The number of ether oxygens (including phenoxy) is 4. The molecule has 3 rings (SSSR count). The van der Waals surface area contributed by atoms with Crippen LogP contribution < -0.4 is 5.32 Å². The lowest BCUT2D eigenvalue weighted by Gasteiger charge is -2.35. The van der Waals surface area contributed by atoms with Crippen LogP contribution >= 0.6 is 11.6 Å². The van der Waals surface area contributed by atoms with Crippen LogP contribution in [0.4, 0.5) is 4.79 Å². The van der Waals surface area contributed by atoms with Crippen LogP contribution in [-0.2, 0) is 28.5 Å². The molecular formula is C14H16ClNO7. The standard InChI is InChI=1S/C14H16ClNO7/c1-14-8(23-14)3-6-7(11(18)20-2)5-21-12(10(6)14)22-13(19)16-9(17)4-15/h5-6,8,10,12H,3-4H2,1-2H3,(H,16,17,19)/t6-,8+,10+,12-,14+/m1/s1. The van der Waals surface area contributed by atoms with Gasteiger partial charge in [-0.2, -0.15) is 0 Å². The Kier molecular flexibility index (Phi) is 3.97. The summed E-state index contributed by atoms with van der Waals surface area (Å²) in [4.78, 5) is 34.7. The zero-order valence-corrected chi connectivity index (χ0v) is 13.3. The van der Waals surface area contributed by atoms with Crippen LogP contribution in [0.15, 0.2) is 11.8 Å². The SMILES string of the molecule is COC(=O)C1=CO[C@H](OC(=O)NC(=O)CCl)[C@@H]2[C@@H]1C[C@@H]1O[C@]21C. The molecule has 1 aliphatic carbocycles. The number of methoxy groups -OCH3 is 1. The summed E-state index contributed by atoms with van der Waals surface area (Å²) in [6.45, 7) is 1.88. The van der Waals surface area contributed by atoms with Gasteiger partial charge in [0.2, 0.25) is 5.91 Å². The molecule has 0 spiro atoms. The van der Waals surface area contributed by atoms with Gasteiger partial charge in [-0.1, -0.05) is 0 Å². The number of imide groups is 1. The number of carbonyl (C=O) groups is 3. The number of epoxide rings is 1. The first kappa shape index (κ1) is 16.1. The fraction of sp³-hybridized carbons (Fsp3) is 0.643. The van der Waals surface area contributed by atoms with Crippen LogP contribution in [0.25, 0.3) is 0 Å². The summed E-state index contributed by atoms with van der Waals surface area (Å²) in [7, 11) is 1.29. The summed E-state index contributed by atoms with van der Waals surface area (Å²) >= 11 is 5.32. The van der Waals surface area contributed by atoms with Gasteiger partial charge < -0.3 is 18.9 Å². The average molecular weight is 346 g/mol. The molecule has 2 heterocycles. The van der Waals surface area contributed by atoms with Gasteiger partial charge >= 0.3 is 12.1 Å². The molecule has 8 nitrogen and oxygen atoms in total. The summed E-state index contributed by atoms with van der Waals surface area (Å²) in [5, 5.41) is 1.98. The highest BCUT2D eigenvalue weighted by Gasteiger charge is 2.71. The smallest absolute Gasteiger partial charge is 0.416 e. The van der Waals surface area contributed by atoms with Crippen molar-refractivity contribution < 1.29 is 33.3 Å². The molecule has 2 amide bonds. The lowest BCUT2D eigenvalue weighted by Crippen LogP contribution is -2.45. The number of alkyl carbamates (subject to hydrolysis) is 1. The van der Waals surface area contributed by atoms with Crippen LogP contribution in [-0.4, -0.2) is 49.0 Å². The summed E-state index contributed by atoms with van der Waals surface area (Å²) in [6.07, 6.45) is -0.0716. The molecule has 1 saturated carbocycles. The molecule has 5 atom stereocenters. The van der Waals surface area contributed by atoms with E-state index < -0.39 is 29.9 Å². The second kappa shape index (κ2) is 5.68. The second-order valence-electron chi connectivity index (χ2n) is 5.81. The van der Waals surface area contributed by atoms with E-state index in [9.17, 15) is 14.4 Å². The third-order valence-electron chi connectivity index (χ3n) is 4.57. The summed E-state index contributed by atoms with van der Waals surface area (Å²) in [5.41, 5.74) is -0.133. The van der Waals surface area contributed by atoms with Crippen LogP contribution in [0.5, 0.6) is 0 Å². The molecule has 1 saturated heterocycles. The molecule has 3 aliphatic rings. The van der Waals surface area contributed by atoms with E-state index in [2.05, 4.69) is 0 Å². The number of carbonyl (C=O) groups excluding carboxylic acids is 3. The van der Waals surface area contributed by atoms with Gasteiger partial charge in [-0.05, 0) is 13.3 Å². The van der Waals surface area contributed by atoms with Crippen molar-refractivity contribution >= 4 is 29.6 Å². The van der Waals surface area contributed by atoms with Crippen molar-refractivity contribution in [1.82, 2.24) is 5.32 Å². The van der Waals surface area contributed by atoms with Gasteiger partial charge in [0, 0.05) is 5.92 Å². The Bertz CT molecular complexity index is 592. The maximum absolute atomic E-state index is 11.9. The molecule has 126 valence electrons. The number of alkyl halides is 1. The molecule has 2 fully saturated rings. The highest BCUT2D eigenvalue weighted by Crippen LogP contribution is 2.60. The van der Waals surface area contributed by atoms with Crippen molar-refractivity contribution in [1.29, 1.82) is 0 Å².